The minimum atomic E-state index is -3.22. The van der Waals surface area contributed by atoms with Gasteiger partial charge in [-0.2, -0.15) is 4.80 Å². The van der Waals surface area contributed by atoms with Crippen LogP contribution in [0.2, 0.25) is 0 Å². The number of aliphatic hydroxyl groups is 1. The van der Waals surface area contributed by atoms with Gasteiger partial charge in [-0.15, -0.1) is 21.5 Å². The summed E-state index contributed by atoms with van der Waals surface area (Å²) >= 11 is 1.23. The van der Waals surface area contributed by atoms with E-state index in [1.54, 1.807) is 55.0 Å². The molecule has 2 aromatic heterocycles. The van der Waals surface area contributed by atoms with Gasteiger partial charge in [0, 0.05) is 23.8 Å². The van der Waals surface area contributed by atoms with Gasteiger partial charge in [0.2, 0.25) is 5.82 Å². The number of likely N-dealkylation sites (N-methyl/N-ethyl adjacent to an activating group) is 1. The maximum absolute atomic E-state index is 16.9. The van der Waals surface area contributed by atoms with Crippen molar-refractivity contribution in [2.24, 2.45) is 24.8 Å². The predicted octanol–water partition coefficient (Wildman–Crippen LogP) is 2.64. The first-order valence-electron chi connectivity index (χ1n) is 19.1. The van der Waals surface area contributed by atoms with Crippen LogP contribution in [-0.2, 0) is 45.1 Å². The van der Waals surface area contributed by atoms with Gasteiger partial charge in [-0.05, 0) is 66.3 Å². The maximum atomic E-state index is 16.9. The van der Waals surface area contributed by atoms with Gasteiger partial charge in [0.05, 0.1) is 42.0 Å². The van der Waals surface area contributed by atoms with E-state index >= 15 is 4.39 Å². The third-order valence-electron chi connectivity index (χ3n) is 11.4. The monoisotopic (exact) mass is 819 g/mol. The smallest absolute Gasteiger partial charge is 0.408 e. The molecular weight excluding hydrogens is 766 g/mol. The Morgan fingerprint density at radius 2 is 1.84 bits per heavy atom. The second kappa shape index (κ2) is 17.1. The number of amides is 1. The summed E-state index contributed by atoms with van der Waals surface area (Å²) in [5.74, 6) is 0.147. The molecule has 0 aromatic carbocycles. The normalized spacial score (nSPS) is 38.1. The number of fused-ring (bicyclic) bond motifs is 1. The third-order valence-corrected chi connectivity index (χ3v) is 12.3. The van der Waals surface area contributed by atoms with Crippen LogP contribution in [0.3, 0.4) is 0 Å². The fourth-order valence-corrected chi connectivity index (χ4v) is 8.97. The Labute approximate surface area is 335 Å². The molecule has 3 aliphatic rings. The first kappa shape index (κ1) is 44.2. The molecule has 0 spiro atoms. The van der Waals surface area contributed by atoms with Gasteiger partial charge in [-0.25, -0.2) is 19.0 Å². The lowest BCUT2D eigenvalue weighted by Gasteiger charge is -2.47. The molecule has 314 valence electrons. The molecule has 13 atom stereocenters. The highest BCUT2D eigenvalue weighted by Crippen LogP contribution is 2.41. The molecule has 1 amide bonds. The second-order valence-corrected chi connectivity index (χ2v) is 17.1. The van der Waals surface area contributed by atoms with E-state index in [1.807, 2.05) is 11.8 Å². The molecule has 0 saturated carbocycles. The third kappa shape index (κ3) is 9.05. The number of nitrogens with one attached hydrogen (secondary N) is 1. The van der Waals surface area contributed by atoms with E-state index < -0.39 is 89.2 Å². The predicted molar refractivity (Wildman–Crippen MR) is 202 cm³/mol. The van der Waals surface area contributed by atoms with Crippen molar-refractivity contribution in [1.29, 1.82) is 0 Å². The first-order valence-corrected chi connectivity index (χ1v) is 19.9. The minimum Gasteiger partial charge on any atom is -0.455 e. The number of hydrogen-bond acceptors (Lipinski definition) is 16. The lowest BCUT2D eigenvalue weighted by molar-refractivity contribution is -0.296. The average Bonchev–Trinajstić information content (AvgIpc) is 3.88. The number of ketones is 2. The molecule has 3 aliphatic heterocycles. The van der Waals surface area contributed by atoms with Gasteiger partial charge >= 0.3 is 12.1 Å². The Morgan fingerprint density at radius 1 is 1.14 bits per heavy atom. The van der Waals surface area contributed by atoms with Crippen LogP contribution >= 0.6 is 11.3 Å². The molecule has 0 bridgehead atoms. The zero-order valence-corrected chi connectivity index (χ0v) is 35.1. The summed E-state index contributed by atoms with van der Waals surface area (Å²) < 4.78 is 47.4. The van der Waals surface area contributed by atoms with Crippen molar-refractivity contribution in [2.45, 2.75) is 134 Å². The number of thiazole rings is 1. The van der Waals surface area contributed by atoms with Crippen LogP contribution in [0.15, 0.2) is 6.20 Å². The summed E-state index contributed by atoms with van der Waals surface area (Å²) in [4.78, 5) is 63.2. The van der Waals surface area contributed by atoms with Gasteiger partial charge in [0.15, 0.2) is 22.7 Å². The Hall–Kier alpha value is -3.93. The number of rotatable bonds is 7. The number of Topliss-reactive ketones (excluding diaryl/α,β-unsaturated/α-hetero) is 2. The van der Waals surface area contributed by atoms with Gasteiger partial charge in [0.25, 0.3) is 5.67 Å². The topological polar surface area (TPSA) is 206 Å². The Kier molecular flexibility index (Phi) is 13.3. The number of halogens is 1. The quantitative estimate of drug-likeness (QED) is 0.234. The van der Waals surface area contributed by atoms with Gasteiger partial charge in [-0.3, -0.25) is 9.59 Å². The van der Waals surface area contributed by atoms with Crippen molar-refractivity contribution in [3.05, 3.63) is 11.1 Å². The molecule has 5 rings (SSSR count). The molecule has 0 radical (unpaired) electrons. The molecule has 2 aromatic rings. The number of cyclic esters (lactones) is 1. The fourth-order valence-electron chi connectivity index (χ4n) is 8.26. The standard InChI is InChI=1S/C38H54FN7O10S/c1-12-25-38(8)28(41-35(51)56-38)21(4)26(47)19(2)17-36(6,52-15-13-14-23-18-40-32(57-23)31-42-44-46(11)43-31)30(22(5)29(49)37(7,39)34(50)54-25)55-33-27(48)24(45(9)10)16-20(3)53-33/h18-22,24-25,27-28,30,33,48H,12,15-17H2,1-11H3,(H,41,51)/t19-,20-,21+,22+,24+,25-,27-,28-,30-,33+,36+,37+,38-/m1/s1. The van der Waals surface area contributed by atoms with Gasteiger partial charge in [-0.1, -0.05) is 39.5 Å². The Balaban J connectivity index is 1.57. The van der Waals surface area contributed by atoms with E-state index in [1.165, 1.54) is 30.0 Å². The number of aryl methyl sites for hydroxylation is 1. The van der Waals surface area contributed by atoms with Crippen LogP contribution in [0.5, 0.6) is 0 Å². The van der Waals surface area contributed by atoms with Crippen LogP contribution in [0.1, 0.15) is 79.5 Å². The summed E-state index contributed by atoms with van der Waals surface area (Å²) in [6.07, 6.45) is -4.40. The maximum Gasteiger partial charge on any atom is 0.408 e. The lowest BCUT2D eigenvalue weighted by atomic mass is 9.73. The van der Waals surface area contributed by atoms with Crippen LogP contribution in [-0.4, -0.2) is 139 Å². The number of aromatic nitrogens is 5. The molecule has 57 heavy (non-hydrogen) atoms. The highest BCUT2D eigenvalue weighted by atomic mass is 32.1. The van der Waals surface area contributed by atoms with Gasteiger partial charge < -0.3 is 39.0 Å². The van der Waals surface area contributed by atoms with E-state index in [4.69, 9.17) is 23.7 Å². The minimum absolute atomic E-state index is 0.0743. The molecule has 19 heteroatoms. The zero-order chi connectivity index (χ0) is 42.2. The molecule has 2 N–H and O–H groups in total. The van der Waals surface area contributed by atoms with E-state index in [0.717, 1.165) is 6.92 Å². The number of alkyl carbamates (subject to hydrolysis) is 1. The highest BCUT2D eigenvalue weighted by Gasteiger charge is 2.59. The number of aliphatic hydroxyl groups excluding tert-OH is 1. The molecule has 0 unspecified atom stereocenters. The summed E-state index contributed by atoms with van der Waals surface area (Å²) in [5, 5.41) is 26.7. The second-order valence-electron chi connectivity index (χ2n) is 16.1. The molecular formula is C38H54FN7O10S. The van der Waals surface area contributed by atoms with Crippen molar-refractivity contribution >= 4 is 35.0 Å². The van der Waals surface area contributed by atoms with Crippen molar-refractivity contribution < 1.29 is 52.4 Å². The average molecular weight is 820 g/mol. The van der Waals surface area contributed by atoms with E-state index in [2.05, 4.69) is 37.6 Å². The zero-order valence-electron chi connectivity index (χ0n) is 34.3. The lowest BCUT2D eigenvalue weighted by Crippen LogP contribution is -2.61. The van der Waals surface area contributed by atoms with Crippen molar-refractivity contribution in [3.63, 3.8) is 0 Å². The summed E-state index contributed by atoms with van der Waals surface area (Å²) in [5.41, 5.74) is -6.42. The number of ether oxygens (including phenoxy) is 5. The fraction of sp³-hybridized carbons (Fsp3) is 0.737. The summed E-state index contributed by atoms with van der Waals surface area (Å²) in [7, 11) is 5.25. The molecule has 3 saturated heterocycles. The van der Waals surface area contributed by atoms with Crippen LogP contribution in [0.4, 0.5) is 9.18 Å². The number of esters is 1. The number of alkyl halides is 1. The van der Waals surface area contributed by atoms with E-state index in [0.29, 0.717) is 22.1 Å². The van der Waals surface area contributed by atoms with E-state index in [9.17, 15) is 24.3 Å². The SMILES string of the molecule is CC[C@H]1OC(=O)[C@@](C)(F)C(=O)[C@H](C)[C@@H](O[C@@H]2O[C@H](C)C[C@H](N(C)C)[C@H]2O)[C@@](C)(OCC#Cc2cnc(-c3nnn(C)n3)s2)C[C@@H](C)C(=O)[C@H](C)[C@H]2NC(=O)O[C@@]21C. The number of carbonyl (C=O) groups is 4. The number of carbonyl (C=O) groups excluding carboxylic acids is 4. The largest absolute Gasteiger partial charge is 0.455 e. The van der Waals surface area contributed by atoms with Crippen molar-refractivity contribution in [1.82, 2.24) is 35.4 Å². The molecule has 17 nitrogen and oxygen atoms in total. The van der Waals surface area contributed by atoms with Gasteiger partial charge in [0.1, 0.15) is 24.6 Å². The van der Waals surface area contributed by atoms with Crippen LogP contribution in [0.25, 0.3) is 10.8 Å². The van der Waals surface area contributed by atoms with Crippen LogP contribution in [0, 0.1) is 29.6 Å². The highest BCUT2D eigenvalue weighted by molar-refractivity contribution is 7.15. The van der Waals surface area contributed by atoms with Crippen molar-refractivity contribution in [3.8, 4) is 22.7 Å². The molecule has 0 aliphatic carbocycles. The molecule has 3 fully saturated rings. The number of nitrogens with zero attached hydrogens (tertiary/aromatic N) is 6. The number of tetrazole rings is 1. The Morgan fingerprint density at radius 3 is 2.47 bits per heavy atom. The Bertz CT molecular complexity index is 1880. The van der Waals surface area contributed by atoms with Crippen LogP contribution < -0.4 is 5.32 Å². The number of hydrogen-bond donors (Lipinski definition) is 2. The summed E-state index contributed by atoms with van der Waals surface area (Å²) in [6.45, 7) is 11.9. The summed E-state index contributed by atoms with van der Waals surface area (Å²) in [6, 6.07) is -1.39. The first-order chi connectivity index (χ1) is 26.6. The van der Waals surface area contributed by atoms with Crippen molar-refractivity contribution in [2.75, 3.05) is 20.7 Å². The molecule has 5 heterocycles. The van der Waals surface area contributed by atoms with E-state index in [-0.39, 0.29) is 31.3 Å².